The molecule has 0 N–H and O–H groups in total. The molecule has 0 amide bonds. The molecule has 3 aromatic rings. The maximum atomic E-state index is 4.59. The van der Waals surface area contributed by atoms with Crippen LogP contribution in [0.15, 0.2) is 42.7 Å². The van der Waals surface area contributed by atoms with Gasteiger partial charge >= 0.3 is 0 Å². The lowest BCUT2D eigenvalue weighted by Crippen LogP contribution is -2.11. The molecule has 0 unspecified atom stereocenters. The van der Waals surface area contributed by atoms with Gasteiger partial charge in [0, 0.05) is 18.3 Å². The Balaban J connectivity index is 1.76. The lowest BCUT2D eigenvalue weighted by molar-refractivity contribution is 0.638. The molecule has 1 aliphatic rings. The Bertz CT molecular complexity index is 752. The summed E-state index contributed by atoms with van der Waals surface area (Å²) in [5.74, 6) is 0. The number of aryl methyl sites for hydroxylation is 2. The maximum absolute atomic E-state index is 4.59. The smallest absolute Gasteiger partial charge is 0.0745 e. The van der Waals surface area contributed by atoms with Crippen molar-refractivity contribution in [3.8, 4) is 11.3 Å². The van der Waals surface area contributed by atoms with Gasteiger partial charge in [0.2, 0.25) is 0 Å². The molecule has 4 rings (SSSR count). The van der Waals surface area contributed by atoms with Crippen molar-refractivity contribution in [2.24, 2.45) is 7.05 Å². The number of hydrogen-bond donors (Lipinski definition) is 0. The Kier molecular flexibility index (Phi) is 2.49. The van der Waals surface area contributed by atoms with Crippen LogP contribution in [0.3, 0.4) is 0 Å². The van der Waals surface area contributed by atoms with Gasteiger partial charge in [0.1, 0.15) is 0 Å². The topological polar surface area (TPSA) is 35.6 Å². The molecule has 0 bridgehead atoms. The highest BCUT2D eigenvalue weighted by molar-refractivity contribution is 5.67. The van der Waals surface area contributed by atoms with E-state index in [0.717, 1.165) is 19.4 Å². The second kappa shape index (κ2) is 4.34. The van der Waals surface area contributed by atoms with Crippen LogP contribution in [0, 0.1) is 0 Å². The maximum Gasteiger partial charge on any atom is 0.0745 e. The molecule has 4 heteroatoms. The predicted molar refractivity (Wildman–Crippen MR) is 77.4 cm³/mol. The first-order valence-electron chi connectivity index (χ1n) is 6.93. The third-order valence-corrected chi connectivity index (χ3v) is 4.02. The SMILES string of the molecule is Cn1ncc2c1-c1cnn(Cc3ccccc3)c1CC2. The molecule has 0 aliphatic heterocycles. The Labute approximate surface area is 117 Å². The van der Waals surface area contributed by atoms with Crippen LogP contribution in [0.2, 0.25) is 0 Å². The molecular formula is C16H16N4. The second-order valence-electron chi connectivity index (χ2n) is 5.29. The summed E-state index contributed by atoms with van der Waals surface area (Å²) < 4.78 is 4.09. The molecule has 0 saturated carbocycles. The number of rotatable bonds is 2. The Hall–Kier alpha value is -2.36. The zero-order valence-electron chi connectivity index (χ0n) is 11.5. The van der Waals surface area contributed by atoms with Crippen LogP contribution in [-0.4, -0.2) is 19.6 Å². The van der Waals surface area contributed by atoms with Crippen LogP contribution in [0.1, 0.15) is 16.8 Å². The number of hydrogen-bond acceptors (Lipinski definition) is 2. The molecular weight excluding hydrogens is 248 g/mol. The molecule has 0 fully saturated rings. The lowest BCUT2D eigenvalue weighted by atomic mass is 9.96. The van der Waals surface area contributed by atoms with Crippen LogP contribution in [-0.2, 0) is 26.4 Å². The van der Waals surface area contributed by atoms with Gasteiger partial charge in [0.25, 0.3) is 0 Å². The average Bonchev–Trinajstić information content (AvgIpc) is 3.04. The summed E-state index contributed by atoms with van der Waals surface area (Å²) in [5, 5.41) is 8.96. The van der Waals surface area contributed by atoms with Gasteiger partial charge in [-0.15, -0.1) is 0 Å². The van der Waals surface area contributed by atoms with Crippen LogP contribution in [0.4, 0.5) is 0 Å². The fourth-order valence-electron chi connectivity index (χ4n) is 3.03. The van der Waals surface area contributed by atoms with Gasteiger partial charge in [-0.1, -0.05) is 30.3 Å². The largest absolute Gasteiger partial charge is 0.268 e. The number of nitrogens with zero attached hydrogens (tertiary/aromatic N) is 4. The molecule has 2 heterocycles. The highest BCUT2D eigenvalue weighted by Crippen LogP contribution is 2.32. The van der Waals surface area contributed by atoms with E-state index in [2.05, 4.69) is 39.1 Å². The molecule has 0 atom stereocenters. The molecule has 4 nitrogen and oxygen atoms in total. The van der Waals surface area contributed by atoms with Gasteiger partial charge in [0.05, 0.1) is 24.6 Å². The number of fused-ring (bicyclic) bond motifs is 3. The van der Waals surface area contributed by atoms with Crippen molar-refractivity contribution in [1.29, 1.82) is 0 Å². The third kappa shape index (κ3) is 1.68. The fraction of sp³-hybridized carbons (Fsp3) is 0.250. The quantitative estimate of drug-likeness (QED) is 0.712. The van der Waals surface area contributed by atoms with Crippen molar-refractivity contribution < 1.29 is 0 Å². The van der Waals surface area contributed by atoms with E-state index in [1.54, 1.807) is 0 Å². The minimum atomic E-state index is 0.837. The van der Waals surface area contributed by atoms with Gasteiger partial charge < -0.3 is 0 Å². The highest BCUT2D eigenvalue weighted by Gasteiger charge is 2.23. The Morgan fingerprint density at radius 1 is 1.05 bits per heavy atom. The van der Waals surface area contributed by atoms with Crippen LogP contribution in [0.5, 0.6) is 0 Å². The van der Waals surface area contributed by atoms with Gasteiger partial charge in [-0.25, -0.2) is 0 Å². The highest BCUT2D eigenvalue weighted by atomic mass is 15.3. The second-order valence-corrected chi connectivity index (χ2v) is 5.29. The van der Waals surface area contributed by atoms with Gasteiger partial charge in [0.15, 0.2) is 0 Å². The molecule has 100 valence electrons. The van der Waals surface area contributed by atoms with Crippen molar-refractivity contribution >= 4 is 0 Å². The first-order chi connectivity index (χ1) is 9.83. The zero-order valence-corrected chi connectivity index (χ0v) is 11.5. The molecule has 0 spiro atoms. The van der Waals surface area contributed by atoms with Crippen molar-refractivity contribution in [1.82, 2.24) is 19.6 Å². The standard InChI is InChI=1S/C16H16N4/c1-19-16-13(9-17-19)7-8-15-14(16)10-18-20(15)11-12-5-3-2-4-6-12/h2-6,9-10H,7-8,11H2,1H3. The summed E-state index contributed by atoms with van der Waals surface area (Å²) in [6.07, 6.45) is 6.06. The van der Waals surface area contributed by atoms with Crippen molar-refractivity contribution in [3.05, 3.63) is 59.5 Å². The average molecular weight is 264 g/mol. The summed E-state index contributed by atoms with van der Waals surface area (Å²) in [7, 11) is 2.00. The van der Waals surface area contributed by atoms with Crippen molar-refractivity contribution in [2.45, 2.75) is 19.4 Å². The minimum absolute atomic E-state index is 0.837. The van der Waals surface area contributed by atoms with Crippen LogP contribution in [0.25, 0.3) is 11.3 Å². The van der Waals surface area contributed by atoms with Gasteiger partial charge in [-0.2, -0.15) is 10.2 Å². The van der Waals surface area contributed by atoms with Crippen LogP contribution < -0.4 is 0 Å². The van der Waals surface area contributed by atoms with Crippen LogP contribution >= 0.6 is 0 Å². The van der Waals surface area contributed by atoms with E-state index in [1.165, 1.54) is 28.1 Å². The summed E-state index contributed by atoms with van der Waals surface area (Å²) in [6, 6.07) is 10.5. The van der Waals surface area contributed by atoms with Crippen molar-refractivity contribution in [3.63, 3.8) is 0 Å². The molecule has 20 heavy (non-hydrogen) atoms. The van der Waals surface area contributed by atoms with E-state index in [-0.39, 0.29) is 0 Å². The molecule has 1 aliphatic carbocycles. The summed E-state index contributed by atoms with van der Waals surface area (Å²) in [5.41, 5.74) is 6.41. The summed E-state index contributed by atoms with van der Waals surface area (Å²) in [6.45, 7) is 0.837. The third-order valence-electron chi connectivity index (χ3n) is 4.02. The Morgan fingerprint density at radius 2 is 1.90 bits per heavy atom. The predicted octanol–water partition coefficient (Wildman–Crippen LogP) is 2.43. The van der Waals surface area contributed by atoms with E-state index < -0.39 is 0 Å². The molecule has 0 radical (unpaired) electrons. The van der Waals surface area contributed by atoms with E-state index in [1.807, 2.05) is 30.2 Å². The normalized spacial score (nSPS) is 13.1. The molecule has 0 saturated heterocycles. The number of aromatic nitrogens is 4. The van der Waals surface area contributed by atoms with E-state index in [9.17, 15) is 0 Å². The summed E-state index contributed by atoms with van der Waals surface area (Å²) in [4.78, 5) is 0. The van der Waals surface area contributed by atoms with E-state index in [0.29, 0.717) is 0 Å². The summed E-state index contributed by atoms with van der Waals surface area (Å²) >= 11 is 0. The first-order valence-corrected chi connectivity index (χ1v) is 6.93. The minimum Gasteiger partial charge on any atom is -0.268 e. The lowest BCUT2D eigenvalue weighted by Gasteiger charge is -2.15. The monoisotopic (exact) mass is 264 g/mol. The number of benzene rings is 1. The van der Waals surface area contributed by atoms with E-state index >= 15 is 0 Å². The van der Waals surface area contributed by atoms with E-state index in [4.69, 9.17) is 0 Å². The first kappa shape index (κ1) is 11.5. The van der Waals surface area contributed by atoms with Gasteiger partial charge in [-0.3, -0.25) is 9.36 Å². The molecule has 1 aromatic carbocycles. The fourth-order valence-corrected chi connectivity index (χ4v) is 3.03. The zero-order chi connectivity index (χ0) is 13.5. The molecule has 2 aromatic heterocycles. The van der Waals surface area contributed by atoms with Crippen molar-refractivity contribution in [2.75, 3.05) is 0 Å². The Morgan fingerprint density at radius 3 is 2.75 bits per heavy atom. The van der Waals surface area contributed by atoms with Gasteiger partial charge in [-0.05, 0) is 24.0 Å².